The van der Waals surface area contributed by atoms with Crippen LogP contribution in [-0.4, -0.2) is 21.9 Å². The van der Waals surface area contributed by atoms with Crippen LogP contribution in [0.4, 0.5) is 18.0 Å². The molecule has 0 unspecified atom stereocenters. The number of alkyl halides is 3. The molecule has 0 bridgehead atoms. The van der Waals surface area contributed by atoms with Crippen molar-refractivity contribution in [3.05, 3.63) is 71.0 Å². The summed E-state index contributed by atoms with van der Waals surface area (Å²) in [6.07, 6.45) is -1.18. The molecule has 3 aromatic rings. The molecular weight excluding hydrogens is 419 g/mol. The molecule has 1 aromatic carbocycles. The monoisotopic (exact) mass is 435 g/mol. The van der Waals surface area contributed by atoms with Gasteiger partial charge in [-0.1, -0.05) is 18.2 Å². The second-order valence-corrected chi connectivity index (χ2v) is 6.97. The van der Waals surface area contributed by atoms with Crippen LogP contribution >= 0.6 is 11.3 Å². The van der Waals surface area contributed by atoms with Gasteiger partial charge in [-0.15, -0.1) is 11.3 Å². The van der Waals surface area contributed by atoms with E-state index >= 15 is 0 Å². The number of amides is 3. The van der Waals surface area contributed by atoms with Crippen LogP contribution < -0.4 is 16.2 Å². The zero-order valence-corrected chi connectivity index (χ0v) is 16.2. The summed E-state index contributed by atoms with van der Waals surface area (Å²) in [4.78, 5) is 31.8. The summed E-state index contributed by atoms with van der Waals surface area (Å²) < 4.78 is 37.9. The molecule has 0 aliphatic carbocycles. The van der Waals surface area contributed by atoms with Crippen LogP contribution in [0.15, 0.2) is 54.2 Å². The number of thiazole rings is 1. The Hall–Kier alpha value is -3.47. The first-order valence-electron chi connectivity index (χ1n) is 8.65. The summed E-state index contributed by atoms with van der Waals surface area (Å²) in [5.41, 5.74) is 5.56. The van der Waals surface area contributed by atoms with Crippen LogP contribution in [0.1, 0.15) is 16.8 Å². The Morgan fingerprint density at radius 3 is 2.50 bits per heavy atom. The molecule has 3 rings (SSSR count). The number of rotatable bonds is 5. The van der Waals surface area contributed by atoms with E-state index in [4.69, 9.17) is 0 Å². The molecule has 0 saturated carbocycles. The van der Waals surface area contributed by atoms with Gasteiger partial charge in [-0.05, 0) is 23.8 Å². The molecule has 11 heteroatoms. The first-order valence-corrected chi connectivity index (χ1v) is 9.53. The highest BCUT2D eigenvalue weighted by Crippen LogP contribution is 2.31. The maximum atomic E-state index is 12.6. The minimum atomic E-state index is -4.39. The largest absolute Gasteiger partial charge is 0.416 e. The van der Waals surface area contributed by atoms with Crippen LogP contribution in [-0.2, 0) is 23.9 Å². The Bertz CT molecular complexity index is 1010. The number of aromatic nitrogens is 2. The number of nitrogens with one attached hydrogen (secondary N) is 3. The number of carbonyl (C=O) groups is 2. The number of hydrogen-bond acceptors (Lipinski definition) is 5. The average Bonchev–Trinajstić information content (AvgIpc) is 3.20. The molecular formula is C19H16F3N5O2S. The van der Waals surface area contributed by atoms with Crippen LogP contribution in [0.5, 0.6) is 0 Å². The van der Waals surface area contributed by atoms with Gasteiger partial charge in [-0.3, -0.25) is 15.2 Å². The highest BCUT2D eigenvalue weighted by molar-refractivity contribution is 7.13. The van der Waals surface area contributed by atoms with E-state index in [0.29, 0.717) is 21.8 Å². The lowest BCUT2D eigenvalue weighted by atomic mass is 10.1. The summed E-state index contributed by atoms with van der Waals surface area (Å²) in [5.74, 6) is -0.406. The average molecular weight is 435 g/mol. The molecule has 0 saturated heterocycles. The standard InChI is InChI=1S/C19H16F3N5O2S/c20-19(21,22)14-5-3-13(4-6-14)17-25-15(11-30-17)10-24-18(29)27-26-16(28)8-12-2-1-7-23-9-12/h1-7,9,11H,8,10H2,(H,26,28)(H2,24,27,29). The van der Waals surface area contributed by atoms with Crippen molar-refractivity contribution in [2.75, 3.05) is 0 Å². The lowest BCUT2D eigenvalue weighted by molar-refractivity contribution is -0.137. The van der Waals surface area contributed by atoms with Crippen LogP contribution in [0.25, 0.3) is 10.6 Å². The highest BCUT2D eigenvalue weighted by atomic mass is 32.1. The van der Waals surface area contributed by atoms with Gasteiger partial charge >= 0.3 is 12.2 Å². The van der Waals surface area contributed by atoms with Crippen molar-refractivity contribution in [1.29, 1.82) is 0 Å². The minimum Gasteiger partial charge on any atom is -0.331 e. The third-order valence-corrected chi connectivity index (χ3v) is 4.78. The topological polar surface area (TPSA) is 96.0 Å². The van der Waals surface area contributed by atoms with E-state index in [1.54, 1.807) is 29.9 Å². The van der Waals surface area contributed by atoms with Crippen molar-refractivity contribution in [3.8, 4) is 10.6 Å². The summed E-state index contributed by atoms with van der Waals surface area (Å²) in [6.45, 7) is 0.0848. The zero-order chi connectivity index (χ0) is 21.6. The van der Waals surface area contributed by atoms with Gasteiger partial charge in [0.15, 0.2) is 0 Å². The molecule has 156 valence electrons. The van der Waals surface area contributed by atoms with E-state index < -0.39 is 23.7 Å². The molecule has 7 nitrogen and oxygen atoms in total. The van der Waals surface area contributed by atoms with Gasteiger partial charge < -0.3 is 5.32 Å². The van der Waals surface area contributed by atoms with E-state index in [1.165, 1.54) is 23.5 Å². The Morgan fingerprint density at radius 1 is 1.07 bits per heavy atom. The van der Waals surface area contributed by atoms with Crippen molar-refractivity contribution >= 4 is 23.3 Å². The molecule has 2 heterocycles. The number of benzene rings is 1. The fourth-order valence-electron chi connectivity index (χ4n) is 2.40. The molecule has 0 aliphatic heterocycles. The lowest BCUT2D eigenvalue weighted by Gasteiger charge is -2.08. The van der Waals surface area contributed by atoms with Gasteiger partial charge in [0.1, 0.15) is 5.01 Å². The van der Waals surface area contributed by atoms with Crippen LogP contribution in [0, 0.1) is 0 Å². The zero-order valence-electron chi connectivity index (χ0n) is 15.4. The van der Waals surface area contributed by atoms with Crippen molar-refractivity contribution in [3.63, 3.8) is 0 Å². The Morgan fingerprint density at radius 2 is 1.83 bits per heavy atom. The Balaban J connectivity index is 1.45. The molecule has 3 amide bonds. The van der Waals surface area contributed by atoms with Crippen LogP contribution in [0.2, 0.25) is 0 Å². The number of pyridine rings is 1. The molecule has 2 aromatic heterocycles. The SMILES string of the molecule is O=C(Cc1cccnc1)NNC(=O)NCc1csc(-c2ccc(C(F)(F)F)cc2)n1. The van der Waals surface area contributed by atoms with Crippen molar-refractivity contribution in [1.82, 2.24) is 26.1 Å². The summed E-state index contributed by atoms with van der Waals surface area (Å²) in [6, 6.07) is 7.51. The number of nitrogens with zero attached hydrogens (tertiary/aromatic N) is 2. The quantitative estimate of drug-likeness (QED) is 0.536. The summed E-state index contributed by atoms with van der Waals surface area (Å²) >= 11 is 1.25. The third kappa shape index (κ3) is 6.01. The molecule has 0 spiro atoms. The lowest BCUT2D eigenvalue weighted by Crippen LogP contribution is -2.47. The second-order valence-electron chi connectivity index (χ2n) is 6.11. The van der Waals surface area contributed by atoms with E-state index in [-0.39, 0.29) is 13.0 Å². The first kappa shape index (κ1) is 21.2. The molecule has 0 atom stereocenters. The third-order valence-electron chi connectivity index (χ3n) is 3.84. The van der Waals surface area contributed by atoms with Gasteiger partial charge in [0.05, 0.1) is 24.2 Å². The Kier molecular flexibility index (Phi) is 6.62. The predicted molar refractivity (Wildman–Crippen MR) is 104 cm³/mol. The van der Waals surface area contributed by atoms with Gasteiger partial charge in [0, 0.05) is 23.3 Å². The number of halogens is 3. The smallest absolute Gasteiger partial charge is 0.331 e. The van der Waals surface area contributed by atoms with Crippen molar-refractivity contribution in [2.24, 2.45) is 0 Å². The number of urea groups is 1. The maximum Gasteiger partial charge on any atom is 0.416 e. The second kappa shape index (κ2) is 9.35. The van der Waals surface area contributed by atoms with Crippen molar-refractivity contribution in [2.45, 2.75) is 19.1 Å². The fourth-order valence-corrected chi connectivity index (χ4v) is 3.22. The van der Waals surface area contributed by atoms with Crippen molar-refractivity contribution < 1.29 is 22.8 Å². The molecule has 0 aliphatic rings. The first-order chi connectivity index (χ1) is 14.3. The normalized spacial score (nSPS) is 11.0. The van der Waals surface area contributed by atoms with Gasteiger partial charge in [-0.25, -0.2) is 15.2 Å². The summed E-state index contributed by atoms with van der Waals surface area (Å²) in [5, 5.41) is 4.75. The maximum absolute atomic E-state index is 12.6. The van der Waals surface area contributed by atoms with Gasteiger partial charge in [-0.2, -0.15) is 13.2 Å². The molecule has 0 radical (unpaired) electrons. The highest BCUT2D eigenvalue weighted by Gasteiger charge is 2.30. The van der Waals surface area contributed by atoms with E-state index in [2.05, 4.69) is 26.1 Å². The minimum absolute atomic E-state index is 0.0662. The number of hydrogen-bond donors (Lipinski definition) is 3. The fraction of sp³-hybridized carbons (Fsp3) is 0.158. The van der Waals surface area contributed by atoms with Gasteiger partial charge in [0.25, 0.3) is 0 Å². The van der Waals surface area contributed by atoms with Gasteiger partial charge in [0.2, 0.25) is 5.91 Å². The van der Waals surface area contributed by atoms with E-state index in [1.807, 2.05) is 0 Å². The number of carbonyl (C=O) groups excluding carboxylic acids is 2. The predicted octanol–water partition coefficient (Wildman–Crippen LogP) is 3.30. The number of hydrazine groups is 1. The molecule has 0 fully saturated rings. The van der Waals surface area contributed by atoms with E-state index in [9.17, 15) is 22.8 Å². The van der Waals surface area contributed by atoms with E-state index in [0.717, 1.165) is 12.1 Å². The van der Waals surface area contributed by atoms with Crippen LogP contribution in [0.3, 0.4) is 0 Å². The Labute approximate surface area is 173 Å². The molecule has 3 N–H and O–H groups in total. The molecule has 30 heavy (non-hydrogen) atoms. The summed E-state index contributed by atoms with van der Waals surface area (Å²) in [7, 11) is 0.